The van der Waals surface area contributed by atoms with Crippen molar-refractivity contribution in [3.63, 3.8) is 0 Å². The first-order chi connectivity index (χ1) is 13.0. The quantitative estimate of drug-likeness (QED) is 0.736. The first-order valence-corrected chi connectivity index (χ1v) is 9.41. The predicted octanol–water partition coefficient (Wildman–Crippen LogP) is 4.61. The van der Waals surface area contributed by atoms with E-state index in [0.717, 1.165) is 42.5 Å². The molecular weight excluding hydrogens is 384 g/mol. The third-order valence-corrected chi connectivity index (χ3v) is 6.26. The molecule has 1 aliphatic heterocycles. The lowest BCUT2D eigenvalue weighted by atomic mass is 9.73. The van der Waals surface area contributed by atoms with Gasteiger partial charge in [0.15, 0.2) is 11.5 Å². The summed E-state index contributed by atoms with van der Waals surface area (Å²) >= 11 is 0. The molecule has 152 valence electrons. The van der Waals surface area contributed by atoms with Crippen molar-refractivity contribution in [2.45, 2.75) is 31.2 Å². The number of benzene rings is 2. The van der Waals surface area contributed by atoms with Crippen LogP contribution in [-0.4, -0.2) is 38.8 Å². The van der Waals surface area contributed by atoms with Gasteiger partial charge in [-0.2, -0.15) is 0 Å². The van der Waals surface area contributed by atoms with Crippen molar-refractivity contribution in [3.05, 3.63) is 58.7 Å². The summed E-state index contributed by atoms with van der Waals surface area (Å²) in [4.78, 5) is 2.30. The van der Waals surface area contributed by atoms with Crippen LogP contribution in [0.15, 0.2) is 30.3 Å². The SMILES string of the molecule is COc1cc(F)c2c(c1OC)CCC1C2CN(C)C1Cc1cccc(F)c1.Cl. The Kier molecular flexibility index (Phi) is 6.15. The van der Waals surface area contributed by atoms with Crippen LogP contribution < -0.4 is 9.47 Å². The fraction of sp³-hybridized carbons (Fsp3) is 0.455. The molecule has 0 bridgehead atoms. The fourth-order valence-electron chi connectivity index (χ4n) is 5.10. The van der Waals surface area contributed by atoms with Crippen LogP contribution >= 0.6 is 12.4 Å². The zero-order valence-corrected chi connectivity index (χ0v) is 17.2. The second kappa shape index (κ2) is 8.26. The molecule has 3 nitrogen and oxygen atoms in total. The molecule has 6 heteroatoms. The Morgan fingerprint density at radius 2 is 1.93 bits per heavy atom. The van der Waals surface area contributed by atoms with Gasteiger partial charge in [0.25, 0.3) is 0 Å². The smallest absolute Gasteiger partial charge is 0.164 e. The molecule has 1 heterocycles. The molecule has 1 fully saturated rings. The molecular formula is C22H26ClF2NO2. The van der Waals surface area contributed by atoms with Gasteiger partial charge in [-0.1, -0.05) is 12.1 Å². The summed E-state index contributed by atoms with van der Waals surface area (Å²) in [5.41, 5.74) is 2.71. The third-order valence-electron chi connectivity index (χ3n) is 6.26. The van der Waals surface area contributed by atoms with Gasteiger partial charge in [0, 0.05) is 30.1 Å². The highest BCUT2D eigenvalue weighted by Gasteiger charge is 2.45. The summed E-state index contributed by atoms with van der Waals surface area (Å²) in [6.07, 6.45) is 2.51. The molecule has 1 aliphatic carbocycles. The molecule has 2 aromatic rings. The maximum Gasteiger partial charge on any atom is 0.164 e. The minimum absolute atomic E-state index is 0. The highest BCUT2D eigenvalue weighted by atomic mass is 35.5. The van der Waals surface area contributed by atoms with E-state index in [4.69, 9.17) is 9.47 Å². The molecule has 0 amide bonds. The summed E-state index contributed by atoms with van der Waals surface area (Å²) in [6.45, 7) is 0.796. The van der Waals surface area contributed by atoms with E-state index in [1.54, 1.807) is 19.2 Å². The lowest BCUT2D eigenvalue weighted by molar-refractivity contribution is 0.257. The Bertz CT molecular complexity index is 861. The number of fused-ring (bicyclic) bond motifs is 3. The lowest BCUT2D eigenvalue weighted by Gasteiger charge is -2.33. The van der Waals surface area contributed by atoms with Crippen molar-refractivity contribution in [3.8, 4) is 11.5 Å². The number of likely N-dealkylation sites (tertiary alicyclic amines) is 1. The van der Waals surface area contributed by atoms with Gasteiger partial charge in [0.05, 0.1) is 14.2 Å². The first kappa shape index (κ1) is 20.9. The average Bonchev–Trinajstić information content (AvgIpc) is 2.96. The van der Waals surface area contributed by atoms with Crippen LogP contribution in [0.1, 0.15) is 29.0 Å². The van der Waals surface area contributed by atoms with Crippen LogP contribution in [0.3, 0.4) is 0 Å². The standard InChI is InChI=1S/C22H25F2NO2.ClH/c1-25-12-17-15(19(25)10-13-5-4-6-14(23)9-13)7-8-16-21(17)18(24)11-20(26-2)22(16)27-3;/h4-6,9,11,15,17,19H,7-8,10,12H2,1-3H3;1H. The number of methoxy groups -OCH3 is 2. The molecule has 1 saturated heterocycles. The van der Waals surface area contributed by atoms with Gasteiger partial charge in [0.2, 0.25) is 0 Å². The van der Waals surface area contributed by atoms with E-state index in [1.807, 2.05) is 6.07 Å². The number of hydrogen-bond donors (Lipinski definition) is 0. The highest BCUT2D eigenvalue weighted by molar-refractivity contribution is 5.85. The fourth-order valence-corrected chi connectivity index (χ4v) is 5.10. The zero-order chi connectivity index (χ0) is 19.1. The van der Waals surface area contributed by atoms with Crippen LogP contribution in [0.25, 0.3) is 0 Å². The van der Waals surface area contributed by atoms with Gasteiger partial charge >= 0.3 is 0 Å². The number of rotatable bonds is 4. The van der Waals surface area contributed by atoms with Crippen LogP contribution in [0.5, 0.6) is 11.5 Å². The molecule has 28 heavy (non-hydrogen) atoms. The average molecular weight is 410 g/mol. The van der Waals surface area contributed by atoms with Gasteiger partial charge in [-0.3, -0.25) is 0 Å². The molecule has 0 N–H and O–H groups in total. The van der Waals surface area contributed by atoms with E-state index in [0.29, 0.717) is 17.4 Å². The molecule has 0 spiro atoms. The van der Waals surface area contributed by atoms with E-state index < -0.39 is 0 Å². The Morgan fingerprint density at radius 1 is 1.14 bits per heavy atom. The van der Waals surface area contributed by atoms with E-state index in [2.05, 4.69) is 11.9 Å². The van der Waals surface area contributed by atoms with Crippen molar-refractivity contribution < 1.29 is 18.3 Å². The number of ether oxygens (including phenoxy) is 2. The summed E-state index contributed by atoms with van der Waals surface area (Å²) in [7, 11) is 5.23. The van der Waals surface area contributed by atoms with Gasteiger partial charge in [-0.25, -0.2) is 8.78 Å². The third kappa shape index (κ3) is 3.46. The molecule has 0 aromatic heterocycles. The molecule has 3 unspecified atom stereocenters. The maximum absolute atomic E-state index is 15.0. The number of halogens is 3. The Hall–Kier alpha value is -1.85. The number of likely N-dealkylation sites (N-methyl/N-ethyl adjacent to an activating group) is 1. The summed E-state index contributed by atoms with van der Waals surface area (Å²) in [6, 6.07) is 8.51. The van der Waals surface area contributed by atoms with Crippen molar-refractivity contribution in [2.75, 3.05) is 27.8 Å². The topological polar surface area (TPSA) is 21.7 Å². The van der Waals surface area contributed by atoms with Crippen molar-refractivity contribution in [2.24, 2.45) is 5.92 Å². The molecule has 0 saturated carbocycles. The minimum Gasteiger partial charge on any atom is -0.493 e. The molecule has 0 radical (unpaired) electrons. The Balaban J connectivity index is 0.00000225. The largest absolute Gasteiger partial charge is 0.493 e. The molecule has 3 atom stereocenters. The van der Waals surface area contributed by atoms with E-state index in [1.165, 1.54) is 19.2 Å². The van der Waals surface area contributed by atoms with E-state index in [-0.39, 0.29) is 36.0 Å². The lowest BCUT2D eigenvalue weighted by Crippen LogP contribution is -2.33. The zero-order valence-electron chi connectivity index (χ0n) is 16.4. The summed E-state index contributed by atoms with van der Waals surface area (Å²) in [5, 5.41) is 0. The van der Waals surface area contributed by atoms with Crippen LogP contribution in [-0.2, 0) is 12.8 Å². The van der Waals surface area contributed by atoms with Gasteiger partial charge in [0.1, 0.15) is 11.6 Å². The number of hydrogen-bond acceptors (Lipinski definition) is 3. The van der Waals surface area contributed by atoms with E-state index >= 15 is 4.39 Å². The van der Waals surface area contributed by atoms with Crippen molar-refractivity contribution in [1.29, 1.82) is 0 Å². The van der Waals surface area contributed by atoms with E-state index in [9.17, 15) is 4.39 Å². The minimum atomic E-state index is -0.211. The monoisotopic (exact) mass is 409 g/mol. The number of nitrogens with zero attached hydrogens (tertiary/aromatic N) is 1. The van der Waals surface area contributed by atoms with Gasteiger partial charge in [-0.15, -0.1) is 12.4 Å². The Morgan fingerprint density at radius 3 is 2.61 bits per heavy atom. The maximum atomic E-state index is 15.0. The van der Waals surface area contributed by atoms with Crippen molar-refractivity contribution in [1.82, 2.24) is 4.90 Å². The molecule has 2 aromatic carbocycles. The van der Waals surface area contributed by atoms with Crippen molar-refractivity contribution >= 4 is 12.4 Å². The normalized spacial score (nSPS) is 23.5. The van der Waals surface area contributed by atoms with Crippen LogP contribution in [0.4, 0.5) is 8.78 Å². The highest BCUT2D eigenvalue weighted by Crippen LogP contribution is 2.50. The van der Waals surface area contributed by atoms with Crippen LogP contribution in [0, 0.1) is 17.6 Å². The molecule has 4 rings (SSSR count). The first-order valence-electron chi connectivity index (χ1n) is 9.41. The van der Waals surface area contributed by atoms with Crippen LogP contribution in [0.2, 0.25) is 0 Å². The van der Waals surface area contributed by atoms with Gasteiger partial charge in [-0.05, 0) is 55.5 Å². The molecule has 2 aliphatic rings. The Labute approximate surface area is 171 Å². The second-order valence-corrected chi connectivity index (χ2v) is 7.64. The summed E-state index contributed by atoms with van der Waals surface area (Å²) < 4.78 is 39.5. The summed E-state index contributed by atoms with van der Waals surface area (Å²) in [5.74, 6) is 1.16. The van der Waals surface area contributed by atoms with Gasteiger partial charge < -0.3 is 14.4 Å². The second-order valence-electron chi connectivity index (χ2n) is 7.64. The predicted molar refractivity (Wildman–Crippen MR) is 108 cm³/mol.